The van der Waals surface area contributed by atoms with E-state index in [2.05, 4.69) is 5.32 Å². The highest BCUT2D eigenvalue weighted by molar-refractivity contribution is 5.86. The molecule has 1 aliphatic heterocycles. The number of urea groups is 1. The number of carbonyl (C=O) groups excluding carboxylic acids is 2. The lowest BCUT2D eigenvalue weighted by Gasteiger charge is -2.37. The predicted molar refractivity (Wildman–Crippen MR) is 76.6 cm³/mol. The summed E-state index contributed by atoms with van der Waals surface area (Å²) in [5, 5.41) is 11.1. The van der Waals surface area contributed by atoms with Gasteiger partial charge in [-0.05, 0) is 5.92 Å². The van der Waals surface area contributed by atoms with Crippen LogP contribution < -0.4 is 11.1 Å². The van der Waals surface area contributed by atoms with Crippen molar-refractivity contribution < 1.29 is 19.5 Å². The van der Waals surface area contributed by atoms with E-state index in [9.17, 15) is 14.4 Å². The van der Waals surface area contributed by atoms with Gasteiger partial charge in [-0.25, -0.2) is 4.79 Å². The summed E-state index contributed by atoms with van der Waals surface area (Å²) in [5.74, 6) is -1.00. The van der Waals surface area contributed by atoms with E-state index in [0.29, 0.717) is 32.7 Å². The average Bonchev–Trinajstić information content (AvgIpc) is 2.42. The zero-order chi connectivity index (χ0) is 16.0. The van der Waals surface area contributed by atoms with Gasteiger partial charge in [-0.15, -0.1) is 0 Å². The Morgan fingerprint density at radius 3 is 2.19 bits per heavy atom. The molecular formula is C13H24N4O4. The van der Waals surface area contributed by atoms with Crippen LogP contribution in [0.3, 0.4) is 0 Å². The van der Waals surface area contributed by atoms with Crippen molar-refractivity contribution in [2.75, 3.05) is 32.7 Å². The molecule has 0 saturated carbocycles. The van der Waals surface area contributed by atoms with Crippen LogP contribution in [-0.2, 0) is 9.59 Å². The van der Waals surface area contributed by atoms with E-state index in [4.69, 9.17) is 10.8 Å². The highest BCUT2D eigenvalue weighted by Crippen LogP contribution is 2.10. The molecule has 0 spiro atoms. The van der Waals surface area contributed by atoms with Crippen molar-refractivity contribution in [3.05, 3.63) is 0 Å². The van der Waals surface area contributed by atoms with Crippen molar-refractivity contribution in [2.45, 2.75) is 26.3 Å². The Bertz CT molecular complexity index is 392. The van der Waals surface area contributed by atoms with Crippen LogP contribution in [0.15, 0.2) is 0 Å². The second-order valence-corrected chi connectivity index (χ2v) is 5.54. The number of rotatable bonds is 6. The highest BCUT2D eigenvalue weighted by Gasteiger charge is 2.30. The number of nitrogens with zero attached hydrogens (tertiary/aromatic N) is 2. The zero-order valence-corrected chi connectivity index (χ0v) is 12.5. The lowest BCUT2D eigenvalue weighted by Crippen LogP contribution is -2.57. The van der Waals surface area contributed by atoms with Crippen LogP contribution >= 0.6 is 0 Å². The van der Waals surface area contributed by atoms with Gasteiger partial charge in [0, 0.05) is 32.7 Å². The molecular weight excluding hydrogens is 276 g/mol. The molecule has 21 heavy (non-hydrogen) atoms. The molecule has 1 fully saturated rings. The van der Waals surface area contributed by atoms with Crippen LogP contribution in [0.5, 0.6) is 0 Å². The fourth-order valence-corrected chi connectivity index (χ4v) is 2.31. The smallest absolute Gasteiger partial charge is 0.312 e. The summed E-state index contributed by atoms with van der Waals surface area (Å²) in [6.07, 6.45) is 0.103. The Kier molecular flexibility index (Phi) is 6.41. The van der Waals surface area contributed by atoms with Gasteiger partial charge in [0.15, 0.2) is 0 Å². The predicted octanol–water partition coefficient (Wildman–Crippen LogP) is -0.702. The average molecular weight is 300 g/mol. The molecule has 0 aromatic rings. The van der Waals surface area contributed by atoms with Crippen molar-refractivity contribution in [1.29, 1.82) is 0 Å². The van der Waals surface area contributed by atoms with Crippen LogP contribution in [0.25, 0.3) is 0 Å². The summed E-state index contributed by atoms with van der Waals surface area (Å²) in [5.41, 5.74) is 5.10. The van der Waals surface area contributed by atoms with Crippen LogP contribution in [0, 0.1) is 5.92 Å². The Morgan fingerprint density at radius 1 is 1.19 bits per heavy atom. The maximum atomic E-state index is 12.4. The number of piperazine rings is 1. The molecule has 3 amide bonds. The van der Waals surface area contributed by atoms with Gasteiger partial charge in [0.1, 0.15) is 6.04 Å². The quantitative estimate of drug-likeness (QED) is 0.600. The number of hydrogen-bond acceptors (Lipinski definition) is 4. The first-order chi connectivity index (χ1) is 9.81. The molecule has 120 valence electrons. The molecule has 0 aliphatic carbocycles. The number of carboxylic acid groups (broad SMARTS) is 1. The van der Waals surface area contributed by atoms with Crippen LogP contribution in [0.1, 0.15) is 20.3 Å². The van der Waals surface area contributed by atoms with Crippen molar-refractivity contribution in [3.63, 3.8) is 0 Å². The van der Waals surface area contributed by atoms with Gasteiger partial charge in [-0.3, -0.25) is 14.5 Å². The minimum atomic E-state index is -0.820. The first-order valence-electron chi connectivity index (χ1n) is 7.10. The van der Waals surface area contributed by atoms with E-state index < -0.39 is 18.0 Å². The van der Waals surface area contributed by atoms with Gasteiger partial charge >= 0.3 is 12.0 Å². The topological polar surface area (TPSA) is 116 Å². The van der Waals surface area contributed by atoms with Gasteiger partial charge in [0.25, 0.3) is 0 Å². The molecule has 1 unspecified atom stereocenters. The molecule has 1 aliphatic rings. The van der Waals surface area contributed by atoms with Gasteiger partial charge in [-0.2, -0.15) is 0 Å². The maximum Gasteiger partial charge on any atom is 0.312 e. The summed E-state index contributed by atoms with van der Waals surface area (Å²) in [4.78, 5) is 37.6. The van der Waals surface area contributed by atoms with E-state index in [1.807, 2.05) is 18.7 Å². The summed E-state index contributed by atoms with van der Waals surface area (Å²) in [6, 6.07) is -1.32. The Morgan fingerprint density at radius 2 is 1.76 bits per heavy atom. The second-order valence-electron chi connectivity index (χ2n) is 5.54. The molecule has 4 N–H and O–H groups in total. The molecule has 8 nitrogen and oxygen atoms in total. The third-order valence-corrected chi connectivity index (χ3v) is 3.56. The van der Waals surface area contributed by atoms with E-state index in [0.717, 1.165) is 0 Å². The minimum Gasteiger partial charge on any atom is -0.481 e. The molecule has 0 aromatic heterocycles. The Balaban J connectivity index is 2.49. The molecule has 1 rings (SSSR count). The number of primary amides is 1. The number of hydrogen-bond donors (Lipinski definition) is 3. The molecule has 1 heterocycles. The Hall–Kier alpha value is -1.83. The number of amides is 3. The standard InChI is InChI=1S/C13H24N4O4/c1-9(2)11(15-13(14)21)12(20)17-7-5-16(6-8-17)4-3-10(18)19/h9,11H,3-8H2,1-2H3,(H,18,19)(H3,14,15,21). The van der Waals surface area contributed by atoms with Crippen molar-refractivity contribution in [3.8, 4) is 0 Å². The van der Waals surface area contributed by atoms with E-state index in [1.54, 1.807) is 4.90 Å². The highest BCUT2D eigenvalue weighted by atomic mass is 16.4. The van der Waals surface area contributed by atoms with Crippen molar-refractivity contribution >= 4 is 17.9 Å². The second kappa shape index (κ2) is 7.82. The third-order valence-electron chi connectivity index (χ3n) is 3.56. The third kappa shape index (κ3) is 5.58. The van der Waals surface area contributed by atoms with Gasteiger partial charge < -0.3 is 21.1 Å². The first-order valence-corrected chi connectivity index (χ1v) is 7.10. The monoisotopic (exact) mass is 300 g/mol. The lowest BCUT2D eigenvalue weighted by molar-refractivity contribution is -0.139. The molecule has 8 heteroatoms. The van der Waals surface area contributed by atoms with Crippen molar-refractivity contribution in [2.24, 2.45) is 11.7 Å². The maximum absolute atomic E-state index is 12.4. The molecule has 0 radical (unpaired) electrons. The summed E-state index contributed by atoms with van der Waals surface area (Å²) >= 11 is 0. The normalized spacial score (nSPS) is 17.6. The van der Waals surface area contributed by atoms with Gasteiger partial charge in [-0.1, -0.05) is 13.8 Å². The Labute approximate surface area is 124 Å². The van der Waals surface area contributed by atoms with E-state index >= 15 is 0 Å². The summed E-state index contributed by atoms with van der Waals surface area (Å²) in [6.45, 7) is 6.53. The van der Waals surface area contributed by atoms with Gasteiger partial charge in [0.2, 0.25) is 5.91 Å². The van der Waals surface area contributed by atoms with Crippen LogP contribution in [-0.4, -0.2) is 71.6 Å². The number of nitrogens with one attached hydrogen (secondary N) is 1. The van der Waals surface area contributed by atoms with Gasteiger partial charge in [0.05, 0.1) is 6.42 Å². The number of carboxylic acids is 1. The van der Waals surface area contributed by atoms with E-state index in [-0.39, 0.29) is 18.2 Å². The molecule has 0 bridgehead atoms. The van der Waals surface area contributed by atoms with Crippen LogP contribution in [0.2, 0.25) is 0 Å². The molecule has 1 saturated heterocycles. The fourth-order valence-electron chi connectivity index (χ4n) is 2.31. The van der Waals surface area contributed by atoms with Crippen LogP contribution in [0.4, 0.5) is 4.79 Å². The summed E-state index contributed by atoms with van der Waals surface area (Å²) < 4.78 is 0. The number of carbonyl (C=O) groups is 3. The zero-order valence-electron chi connectivity index (χ0n) is 12.5. The molecule has 0 aromatic carbocycles. The molecule has 1 atom stereocenters. The lowest BCUT2D eigenvalue weighted by atomic mass is 10.0. The fraction of sp³-hybridized carbons (Fsp3) is 0.769. The largest absolute Gasteiger partial charge is 0.481 e. The first kappa shape index (κ1) is 17.2. The SMILES string of the molecule is CC(C)C(NC(N)=O)C(=O)N1CCN(CCC(=O)O)CC1. The van der Waals surface area contributed by atoms with Crippen molar-refractivity contribution in [1.82, 2.24) is 15.1 Å². The number of nitrogens with two attached hydrogens (primary N) is 1. The summed E-state index contributed by atoms with van der Waals surface area (Å²) in [7, 11) is 0. The van der Waals surface area contributed by atoms with E-state index in [1.165, 1.54) is 0 Å². The minimum absolute atomic E-state index is 0.0463. The number of aliphatic carboxylic acids is 1.